The van der Waals surface area contributed by atoms with Crippen LogP contribution < -0.4 is 5.32 Å². The van der Waals surface area contributed by atoms with Gasteiger partial charge in [-0.15, -0.1) is 0 Å². The van der Waals surface area contributed by atoms with Crippen molar-refractivity contribution in [1.82, 2.24) is 10.2 Å². The highest BCUT2D eigenvalue weighted by atomic mass is 35.5. The van der Waals surface area contributed by atoms with Crippen molar-refractivity contribution in [3.05, 3.63) is 34.9 Å². The summed E-state index contributed by atoms with van der Waals surface area (Å²) in [4.78, 5) is 2.68. The molecular formula is C18H27ClN2. The number of rotatable bonds is 3. The third-order valence-corrected chi connectivity index (χ3v) is 5.55. The number of hydrogen-bond donors (Lipinski definition) is 1. The Balaban J connectivity index is 1.73. The molecule has 0 spiro atoms. The van der Waals surface area contributed by atoms with Gasteiger partial charge in [0.1, 0.15) is 0 Å². The third kappa shape index (κ3) is 3.80. The summed E-state index contributed by atoms with van der Waals surface area (Å²) in [5.41, 5.74) is 1.27. The van der Waals surface area contributed by atoms with Crippen LogP contribution in [-0.2, 0) is 6.54 Å². The lowest BCUT2D eigenvalue weighted by Gasteiger charge is -2.44. The van der Waals surface area contributed by atoms with Crippen LogP contribution >= 0.6 is 11.6 Å². The van der Waals surface area contributed by atoms with Gasteiger partial charge in [0.25, 0.3) is 0 Å². The molecule has 2 unspecified atom stereocenters. The molecule has 2 nitrogen and oxygen atoms in total. The minimum absolute atomic E-state index is 0.576. The molecule has 2 atom stereocenters. The van der Waals surface area contributed by atoms with Gasteiger partial charge in [0, 0.05) is 36.7 Å². The summed E-state index contributed by atoms with van der Waals surface area (Å²) in [5.74, 6) is 0.862. The zero-order valence-corrected chi connectivity index (χ0v) is 13.8. The van der Waals surface area contributed by atoms with E-state index in [-0.39, 0.29) is 0 Å². The van der Waals surface area contributed by atoms with Gasteiger partial charge in [-0.1, -0.05) is 49.1 Å². The van der Waals surface area contributed by atoms with E-state index in [9.17, 15) is 0 Å². The third-order valence-electron chi connectivity index (χ3n) is 5.18. The molecule has 116 valence electrons. The SMILES string of the molecule is CC1CN(Cc2ccccc2Cl)C(C2CCCCC2)CN1. The summed E-state index contributed by atoms with van der Waals surface area (Å²) < 4.78 is 0. The van der Waals surface area contributed by atoms with Crippen LogP contribution in [0.15, 0.2) is 24.3 Å². The average molecular weight is 307 g/mol. The van der Waals surface area contributed by atoms with Crippen LogP contribution in [0.3, 0.4) is 0 Å². The monoisotopic (exact) mass is 306 g/mol. The van der Waals surface area contributed by atoms with Crippen molar-refractivity contribution in [3.8, 4) is 0 Å². The highest BCUT2D eigenvalue weighted by molar-refractivity contribution is 6.31. The van der Waals surface area contributed by atoms with E-state index in [1.807, 2.05) is 12.1 Å². The van der Waals surface area contributed by atoms with Crippen LogP contribution in [-0.4, -0.2) is 30.1 Å². The zero-order chi connectivity index (χ0) is 14.7. The molecule has 2 aliphatic rings. The molecule has 1 aromatic rings. The number of nitrogens with one attached hydrogen (secondary N) is 1. The standard InChI is InChI=1S/C18H27ClN2/c1-14-12-21(13-16-9-5-6-10-17(16)19)18(11-20-14)15-7-3-2-4-8-15/h5-6,9-10,14-15,18,20H,2-4,7-8,11-13H2,1H3. The molecule has 1 saturated heterocycles. The number of nitrogens with zero attached hydrogens (tertiary/aromatic N) is 1. The van der Waals surface area contributed by atoms with Crippen LogP contribution in [0, 0.1) is 5.92 Å². The molecule has 1 N–H and O–H groups in total. The molecule has 0 radical (unpaired) electrons. The largest absolute Gasteiger partial charge is 0.311 e. The lowest BCUT2D eigenvalue weighted by Crippen LogP contribution is -2.57. The highest BCUT2D eigenvalue weighted by Crippen LogP contribution is 2.31. The Kier molecular flexibility index (Phi) is 5.20. The Bertz CT molecular complexity index is 456. The van der Waals surface area contributed by atoms with E-state index in [2.05, 4.69) is 29.3 Å². The van der Waals surface area contributed by atoms with Gasteiger partial charge in [-0.2, -0.15) is 0 Å². The fraction of sp³-hybridized carbons (Fsp3) is 0.667. The van der Waals surface area contributed by atoms with Crippen molar-refractivity contribution >= 4 is 11.6 Å². The van der Waals surface area contributed by atoms with Crippen molar-refractivity contribution in [3.63, 3.8) is 0 Å². The summed E-state index contributed by atoms with van der Waals surface area (Å²) in [5, 5.41) is 4.59. The molecule has 3 heteroatoms. The Labute approximate surface area is 133 Å². The molecule has 21 heavy (non-hydrogen) atoms. The summed E-state index contributed by atoms with van der Waals surface area (Å²) in [7, 11) is 0. The first-order valence-electron chi connectivity index (χ1n) is 8.45. The predicted molar refractivity (Wildman–Crippen MR) is 89.7 cm³/mol. The maximum atomic E-state index is 6.37. The van der Waals surface area contributed by atoms with Crippen molar-refractivity contribution in [2.45, 2.75) is 57.7 Å². The molecule has 1 aromatic carbocycles. The van der Waals surface area contributed by atoms with Gasteiger partial charge < -0.3 is 5.32 Å². The quantitative estimate of drug-likeness (QED) is 0.905. The normalized spacial score (nSPS) is 28.7. The first kappa shape index (κ1) is 15.3. The van der Waals surface area contributed by atoms with Crippen LogP contribution in [0.25, 0.3) is 0 Å². The Morgan fingerprint density at radius 2 is 1.95 bits per heavy atom. The van der Waals surface area contributed by atoms with E-state index in [1.54, 1.807) is 0 Å². The second kappa shape index (κ2) is 7.13. The smallest absolute Gasteiger partial charge is 0.0451 e. The lowest BCUT2D eigenvalue weighted by atomic mass is 9.82. The van der Waals surface area contributed by atoms with Crippen molar-refractivity contribution < 1.29 is 0 Å². The van der Waals surface area contributed by atoms with E-state index < -0.39 is 0 Å². The number of benzene rings is 1. The zero-order valence-electron chi connectivity index (χ0n) is 13.0. The van der Waals surface area contributed by atoms with E-state index >= 15 is 0 Å². The van der Waals surface area contributed by atoms with Crippen molar-refractivity contribution in [2.75, 3.05) is 13.1 Å². The van der Waals surface area contributed by atoms with E-state index in [4.69, 9.17) is 11.6 Å². The second-order valence-corrected chi connectivity index (χ2v) is 7.20. The first-order valence-corrected chi connectivity index (χ1v) is 8.82. The van der Waals surface area contributed by atoms with Gasteiger partial charge >= 0.3 is 0 Å². The summed E-state index contributed by atoms with van der Waals surface area (Å²) in [6, 6.07) is 9.56. The minimum atomic E-state index is 0.576. The molecule has 0 bridgehead atoms. The maximum absolute atomic E-state index is 6.37. The fourth-order valence-corrected chi connectivity index (χ4v) is 4.21. The van der Waals surface area contributed by atoms with Gasteiger partial charge in [0.2, 0.25) is 0 Å². The molecule has 1 saturated carbocycles. The lowest BCUT2D eigenvalue weighted by molar-refractivity contribution is 0.0689. The van der Waals surface area contributed by atoms with Gasteiger partial charge in [0.05, 0.1) is 0 Å². The molecule has 0 aromatic heterocycles. The Morgan fingerprint density at radius 3 is 2.71 bits per heavy atom. The van der Waals surface area contributed by atoms with Crippen molar-refractivity contribution in [2.24, 2.45) is 5.92 Å². The van der Waals surface area contributed by atoms with Crippen LogP contribution in [0.5, 0.6) is 0 Å². The van der Waals surface area contributed by atoms with E-state index in [0.717, 1.165) is 30.6 Å². The van der Waals surface area contributed by atoms with Crippen LogP contribution in [0.1, 0.15) is 44.6 Å². The van der Waals surface area contributed by atoms with E-state index in [1.165, 1.54) is 37.7 Å². The molecule has 1 aliphatic heterocycles. The second-order valence-electron chi connectivity index (χ2n) is 6.80. The topological polar surface area (TPSA) is 15.3 Å². The summed E-state index contributed by atoms with van der Waals surface area (Å²) >= 11 is 6.37. The van der Waals surface area contributed by atoms with Crippen LogP contribution in [0.4, 0.5) is 0 Å². The molecule has 1 aliphatic carbocycles. The summed E-state index contributed by atoms with van der Waals surface area (Å²) in [6.07, 6.45) is 7.06. The molecule has 3 rings (SSSR count). The average Bonchev–Trinajstić information content (AvgIpc) is 2.51. The predicted octanol–water partition coefficient (Wildman–Crippen LogP) is 4.08. The van der Waals surface area contributed by atoms with Crippen LogP contribution in [0.2, 0.25) is 5.02 Å². The summed E-state index contributed by atoms with van der Waals surface area (Å²) in [6.45, 7) is 5.55. The maximum Gasteiger partial charge on any atom is 0.0451 e. The fourth-order valence-electron chi connectivity index (χ4n) is 4.01. The van der Waals surface area contributed by atoms with E-state index in [0.29, 0.717) is 12.1 Å². The number of halogens is 1. The van der Waals surface area contributed by atoms with Gasteiger partial charge in [-0.25, -0.2) is 0 Å². The highest BCUT2D eigenvalue weighted by Gasteiger charge is 2.32. The number of hydrogen-bond acceptors (Lipinski definition) is 2. The Morgan fingerprint density at radius 1 is 1.19 bits per heavy atom. The molecule has 1 heterocycles. The molecule has 2 fully saturated rings. The molecular weight excluding hydrogens is 280 g/mol. The molecule has 0 amide bonds. The van der Waals surface area contributed by atoms with Gasteiger partial charge in [0.15, 0.2) is 0 Å². The number of piperazine rings is 1. The van der Waals surface area contributed by atoms with Gasteiger partial charge in [-0.05, 0) is 37.3 Å². The first-order chi connectivity index (χ1) is 10.2. The minimum Gasteiger partial charge on any atom is -0.311 e. The Hall–Kier alpha value is -0.570. The van der Waals surface area contributed by atoms with Gasteiger partial charge in [-0.3, -0.25) is 4.90 Å². The van der Waals surface area contributed by atoms with Crippen molar-refractivity contribution in [1.29, 1.82) is 0 Å².